The molecular formula is C23H25FN4O3. The molecule has 0 fully saturated rings. The summed E-state index contributed by atoms with van der Waals surface area (Å²) in [6, 6.07) is 11.4. The lowest BCUT2D eigenvalue weighted by molar-refractivity contribution is 0.204. The van der Waals surface area contributed by atoms with E-state index in [0.717, 1.165) is 22.8 Å². The molecule has 1 N–H and O–H groups in total. The summed E-state index contributed by atoms with van der Waals surface area (Å²) in [6.07, 6.45) is 0.652. The molecule has 2 amide bonds. The molecule has 1 aromatic heterocycles. The molecule has 8 heteroatoms. The molecule has 1 aliphatic rings. The molecule has 0 radical (unpaired) electrons. The Morgan fingerprint density at radius 3 is 2.61 bits per heavy atom. The van der Waals surface area contributed by atoms with Gasteiger partial charge in [-0.05, 0) is 43.3 Å². The van der Waals surface area contributed by atoms with Crippen LogP contribution in [-0.2, 0) is 19.5 Å². The van der Waals surface area contributed by atoms with Crippen molar-refractivity contribution in [1.82, 2.24) is 14.5 Å². The highest BCUT2D eigenvalue weighted by Crippen LogP contribution is 2.31. The summed E-state index contributed by atoms with van der Waals surface area (Å²) in [6.45, 7) is 3.73. The first-order chi connectivity index (χ1) is 15.0. The SMILES string of the molecule is CCn1c(-c2ccc(F)cc2)nc2c1CN(C(=O)Nc1cc(OC)ccc1OC)CC2. The van der Waals surface area contributed by atoms with Crippen LogP contribution in [0, 0.1) is 5.82 Å². The number of aromatic nitrogens is 2. The fourth-order valence-electron chi connectivity index (χ4n) is 3.85. The number of amides is 2. The number of nitrogens with zero attached hydrogens (tertiary/aromatic N) is 3. The van der Waals surface area contributed by atoms with Crippen LogP contribution in [0.4, 0.5) is 14.9 Å². The molecule has 31 heavy (non-hydrogen) atoms. The van der Waals surface area contributed by atoms with Crippen molar-refractivity contribution in [1.29, 1.82) is 0 Å². The highest BCUT2D eigenvalue weighted by Gasteiger charge is 2.27. The zero-order valence-corrected chi connectivity index (χ0v) is 17.8. The standard InChI is InChI=1S/C23H25FN4O3/c1-4-28-20-14-27(23(29)26-19-13-17(30-2)9-10-21(19)31-3)12-11-18(20)25-22(28)15-5-7-16(24)8-6-15/h5-10,13H,4,11-12,14H2,1-3H3,(H,26,29). The van der Waals surface area contributed by atoms with E-state index in [9.17, 15) is 9.18 Å². The second-order valence-electron chi connectivity index (χ2n) is 7.25. The smallest absolute Gasteiger partial charge is 0.322 e. The summed E-state index contributed by atoms with van der Waals surface area (Å²) in [5.41, 5.74) is 3.38. The number of ether oxygens (including phenoxy) is 2. The van der Waals surface area contributed by atoms with Crippen LogP contribution in [0.3, 0.4) is 0 Å². The number of carbonyl (C=O) groups is 1. The minimum Gasteiger partial charge on any atom is -0.497 e. The predicted octanol–water partition coefficient (Wildman–Crippen LogP) is 4.32. The first-order valence-corrected chi connectivity index (χ1v) is 10.2. The van der Waals surface area contributed by atoms with Gasteiger partial charge in [0.2, 0.25) is 0 Å². The Kier molecular flexibility index (Phi) is 5.79. The summed E-state index contributed by atoms with van der Waals surface area (Å²) in [7, 11) is 3.13. The van der Waals surface area contributed by atoms with Crippen molar-refractivity contribution in [2.45, 2.75) is 26.4 Å². The van der Waals surface area contributed by atoms with Crippen molar-refractivity contribution in [3.8, 4) is 22.9 Å². The van der Waals surface area contributed by atoms with Gasteiger partial charge in [-0.15, -0.1) is 0 Å². The molecular weight excluding hydrogens is 399 g/mol. The van der Waals surface area contributed by atoms with Crippen LogP contribution in [-0.4, -0.2) is 41.2 Å². The minimum absolute atomic E-state index is 0.218. The van der Waals surface area contributed by atoms with Gasteiger partial charge in [0.05, 0.1) is 37.8 Å². The maximum Gasteiger partial charge on any atom is 0.322 e. The van der Waals surface area contributed by atoms with Crippen LogP contribution in [0.25, 0.3) is 11.4 Å². The van der Waals surface area contributed by atoms with E-state index in [1.165, 1.54) is 12.1 Å². The molecule has 7 nitrogen and oxygen atoms in total. The van der Waals surface area contributed by atoms with Gasteiger partial charge >= 0.3 is 6.03 Å². The van der Waals surface area contributed by atoms with Crippen LogP contribution >= 0.6 is 0 Å². The summed E-state index contributed by atoms with van der Waals surface area (Å²) < 4.78 is 26.0. The van der Waals surface area contributed by atoms with Crippen molar-refractivity contribution < 1.29 is 18.7 Å². The summed E-state index contributed by atoms with van der Waals surface area (Å²) in [4.78, 5) is 19.6. The van der Waals surface area contributed by atoms with E-state index in [1.54, 1.807) is 49.5 Å². The molecule has 0 spiro atoms. The molecule has 162 valence electrons. The van der Waals surface area contributed by atoms with E-state index in [2.05, 4.69) is 9.88 Å². The second-order valence-corrected chi connectivity index (χ2v) is 7.25. The lowest BCUT2D eigenvalue weighted by atomic mass is 10.1. The Hall–Kier alpha value is -3.55. The lowest BCUT2D eigenvalue weighted by Gasteiger charge is -2.28. The third-order valence-corrected chi connectivity index (χ3v) is 5.47. The summed E-state index contributed by atoms with van der Waals surface area (Å²) in [5, 5.41) is 2.93. The Balaban J connectivity index is 1.57. The Morgan fingerprint density at radius 2 is 1.94 bits per heavy atom. The first-order valence-electron chi connectivity index (χ1n) is 10.2. The largest absolute Gasteiger partial charge is 0.497 e. The Bertz CT molecular complexity index is 1090. The van der Waals surface area contributed by atoms with Crippen LogP contribution in [0.2, 0.25) is 0 Å². The number of urea groups is 1. The quantitative estimate of drug-likeness (QED) is 0.663. The maximum absolute atomic E-state index is 13.3. The molecule has 1 aliphatic heterocycles. The highest BCUT2D eigenvalue weighted by molar-refractivity contribution is 5.91. The number of hydrogen-bond donors (Lipinski definition) is 1. The predicted molar refractivity (Wildman–Crippen MR) is 116 cm³/mol. The number of methoxy groups -OCH3 is 2. The van der Waals surface area contributed by atoms with Gasteiger partial charge in [0, 0.05) is 31.1 Å². The van der Waals surface area contributed by atoms with E-state index >= 15 is 0 Å². The molecule has 2 aromatic carbocycles. The molecule has 2 heterocycles. The van der Waals surface area contributed by atoms with Gasteiger partial charge < -0.3 is 24.3 Å². The number of carbonyl (C=O) groups excluding carboxylic acids is 1. The van der Waals surface area contributed by atoms with Gasteiger partial charge in [0.15, 0.2) is 0 Å². The van der Waals surface area contributed by atoms with E-state index in [1.807, 2.05) is 6.92 Å². The van der Waals surface area contributed by atoms with Crippen LogP contribution < -0.4 is 14.8 Å². The molecule has 0 bridgehead atoms. The fourth-order valence-corrected chi connectivity index (χ4v) is 3.85. The van der Waals surface area contributed by atoms with Crippen molar-refractivity contribution in [2.24, 2.45) is 0 Å². The van der Waals surface area contributed by atoms with E-state index < -0.39 is 0 Å². The average molecular weight is 424 g/mol. The highest BCUT2D eigenvalue weighted by atomic mass is 19.1. The number of fused-ring (bicyclic) bond motifs is 1. The lowest BCUT2D eigenvalue weighted by Crippen LogP contribution is -2.39. The fraction of sp³-hybridized carbons (Fsp3) is 0.304. The van der Waals surface area contributed by atoms with Crippen LogP contribution in [0.1, 0.15) is 18.3 Å². The molecule has 0 unspecified atom stereocenters. The normalized spacial score (nSPS) is 13.0. The average Bonchev–Trinajstić information content (AvgIpc) is 3.17. The second kappa shape index (κ2) is 8.67. The zero-order chi connectivity index (χ0) is 22.0. The van der Waals surface area contributed by atoms with Crippen molar-refractivity contribution in [2.75, 3.05) is 26.1 Å². The third-order valence-electron chi connectivity index (χ3n) is 5.47. The monoisotopic (exact) mass is 424 g/mol. The topological polar surface area (TPSA) is 68.6 Å². The van der Waals surface area contributed by atoms with Crippen molar-refractivity contribution in [3.05, 3.63) is 59.7 Å². The van der Waals surface area contributed by atoms with Gasteiger partial charge in [0.1, 0.15) is 23.1 Å². The molecule has 0 saturated heterocycles. The van der Waals surface area contributed by atoms with E-state index in [0.29, 0.717) is 43.2 Å². The summed E-state index contributed by atoms with van der Waals surface area (Å²) in [5.74, 6) is 1.71. The summed E-state index contributed by atoms with van der Waals surface area (Å²) >= 11 is 0. The van der Waals surface area contributed by atoms with Gasteiger partial charge in [-0.1, -0.05) is 0 Å². The molecule has 3 aromatic rings. The molecule has 0 atom stereocenters. The number of benzene rings is 2. The molecule has 0 saturated carbocycles. The Labute approximate surface area is 180 Å². The number of imidazole rings is 1. The third kappa shape index (κ3) is 4.05. The number of halogens is 1. The maximum atomic E-state index is 13.3. The number of anilines is 1. The van der Waals surface area contributed by atoms with Crippen molar-refractivity contribution in [3.63, 3.8) is 0 Å². The van der Waals surface area contributed by atoms with Crippen molar-refractivity contribution >= 4 is 11.7 Å². The molecule has 4 rings (SSSR count). The number of rotatable bonds is 5. The van der Waals surface area contributed by atoms with E-state index in [-0.39, 0.29) is 11.8 Å². The molecule has 0 aliphatic carbocycles. The zero-order valence-electron chi connectivity index (χ0n) is 17.8. The van der Waals surface area contributed by atoms with Gasteiger partial charge in [-0.3, -0.25) is 0 Å². The van der Waals surface area contributed by atoms with Crippen LogP contribution in [0.15, 0.2) is 42.5 Å². The van der Waals surface area contributed by atoms with Gasteiger partial charge in [0.25, 0.3) is 0 Å². The van der Waals surface area contributed by atoms with Crippen LogP contribution in [0.5, 0.6) is 11.5 Å². The Morgan fingerprint density at radius 1 is 1.16 bits per heavy atom. The van der Waals surface area contributed by atoms with E-state index in [4.69, 9.17) is 14.5 Å². The number of hydrogen-bond acceptors (Lipinski definition) is 4. The number of nitrogens with one attached hydrogen (secondary N) is 1. The van der Waals surface area contributed by atoms with Gasteiger partial charge in [-0.2, -0.15) is 0 Å². The first kappa shape index (κ1) is 20.7. The minimum atomic E-state index is -0.279. The van der Waals surface area contributed by atoms with Gasteiger partial charge in [-0.25, -0.2) is 14.2 Å².